The fourth-order valence-corrected chi connectivity index (χ4v) is 1.62. The van der Waals surface area contributed by atoms with Gasteiger partial charge in [0.05, 0.1) is 6.04 Å². The molecule has 1 aliphatic heterocycles. The minimum atomic E-state index is 0.465. The Morgan fingerprint density at radius 3 is 3.00 bits per heavy atom. The molecule has 2 heterocycles. The van der Waals surface area contributed by atoms with Crippen molar-refractivity contribution in [1.82, 2.24) is 5.32 Å². The van der Waals surface area contributed by atoms with Crippen LogP contribution in [0, 0.1) is 6.92 Å². The van der Waals surface area contributed by atoms with Crippen molar-refractivity contribution >= 4 is 11.0 Å². The van der Waals surface area contributed by atoms with Crippen molar-refractivity contribution in [2.24, 2.45) is 0 Å². The van der Waals surface area contributed by atoms with Crippen LogP contribution in [-0.4, -0.2) is 6.54 Å². The Labute approximate surface area is 76.5 Å². The number of aryl methyl sites for hydroxylation is 1. The van der Waals surface area contributed by atoms with Crippen LogP contribution in [0.15, 0.2) is 28.7 Å². The molecule has 0 spiro atoms. The molecule has 66 valence electrons. The molecule has 2 nitrogen and oxygen atoms in total. The van der Waals surface area contributed by atoms with E-state index in [1.54, 1.807) is 0 Å². The Balaban J connectivity index is 2.20. The monoisotopic (exact) mass is 173 g/mol. The van der Waals surface area contributed by atoms with Crippen molar-refractivity contribution in [3.8, 4) is 0 Å². The Bertz CT molecular complexity index is 454. The van der Waals surface area contributed by atoms with Gasteiger partial charge in [-0.1, -0.05) is 11.6 Å². The number of hydrogen-bond donors (Lipinski definition) is 1. The van der Waals surface area contributed by atoms with Gasteiger partial charge in [-0.3, -0.25) is 0 Å². The highest BCUT2D eigenvalue weighted by Crippen LogP contribution is 2.28. The zero-order chi connectivity index (χ0) is 8.84. The highest BCUT2D eigenvalue weighted by Gasteiger charge is 2.25. The molecule has 1 fully saturated rings. The number of nitrogens with one attached hydrogen (secondary N) is 1. The highest BCUT2D eigenvalue weighted by molar-refractivity contribution is 5.78. The van der Waals surface area contributed by atoms with Crippen molar-refractivity contribution in [2.75, 3.05) is 6.54 Å². The molecular weight excluding hydrogens is 162 g/mol. The van der Waals surface area contributed by atoms with E-state index in [-0.39, 0.29) is 0 Å². The van der Waals surface area contributed by atoms with Gasteiger partial charge in [-0.2, -0.15) is 0 Å². The van der Waals surface area contributed by atoms with E-state index in [0.717, 1.165) is 17.9 Å². The summed E-state index contributed by atoms with van der Waals surface area (Å²) in [5.41, 5.74) is 2.28. The largest absolute Gasteiger partial charge is 0.459 e. The van der Waals surface area contributed by atoms with Gasteiger partial charge in [0.1, 0.15) is 11.3 Å². The van der Waals surface area contributed by atoms with Gasteiger partial charge in [0.15, 0.2) is 0 Å². The highest BCUT2D eigenvalue weighted by atomic mass is 16.3. The molecule has 1 saturated heterocycles. The first-order valence-electron chi connectivity index (χ1n) is 4.56. The van der Waals surface area contributed by atoms with Crippen LogP contribution in [0.2, 0.25) is 0 Å². The van der Waals surface area contributed by atoms with E-state index in [9.17, 15) is 0 Å². The van der Waals surface area contributed by atoms with Gasteiger partial charge in [0.25, 0.3) is 0 Å². The molecule has 2 heteroatoms. The van der Waals surface area contributed by atoms with E-state index < -0.39 is 0 Å². The quantitative estimate of drug-likeness (QED) is 0.672. The summed E-state index contributed by atoms with van der Waals surface area (Å²) in [4.78, 5) is 0. The Morgan fingerprint density at radius 1 is 1.38 bits per heavy atom. The first-order valence-corrected chi connectivity index (χ1v) is 4.56. The predicted molar refractivity (Wildman–Crippen MR) is 51.7 cm³/mol. The minimum Gasteiger partial charge on any atom is -0.459 e. The molecule has 1 aromatic heterocycles. The van der Waals surface area contributed by atoms with Gasteiger partial charge in [-0.15, -0.1) is 0 Å². The number of rotatable bonds is 1. The topological polar surface area (TPSA) is 35.1 Å². The summed E-state index contributed by atoms with van der Waals surface area (Å²) in [6.07, 6.45) is 0. The summed E-state index contributed by atoms with van der Waals surface area (Å²) in [6, 6.07) is 8.87. The summed E-state index contributed by atoms with van der Waals surface area (Å²) in [6.45, 7) is 3.15. The summed E-state index contributed by atoms with van der Waals surface area (Å²) >= 11 is 0. The maximum absolute atomic E-state index is 5.68. The molecule has 0 bridgehead atoms. The molecule has 1 unspecified atom stereocenters. The van der Waals surface area contributed by atoms with Gasteiger partial charge in [0.2, 0.25) is 0 Å². The van der Waals surface area contributed by atoms with Crippen LogP contribution in [0.5, 0.6) is 0 Å². The molecule has 1 aliphatic rings. The molecule has 1 atom stereocenters. The van der Waals surface area contributed by atoms with Crippen LogP contribution in [0.25, 0.3) is 11.0 Å². The third kappa shape index (κ3) is 1.14. The second-order valence-corrected chi connectivity index (χ2v) is 3.65. The SMILES string of the molecule is Cc1ccc2oc(C3CN3)cc2c1. The molecule has 2 aromatic rings. The zero-order valence-electron chi connectivity index (χ0n) is 7.50. The minimum absolute atomic E-state index is 0.465. The molecule has 0 saturated carbocycles. The summed E-state index contributed by atoms with van der Waals surface area (Å²) < 4.78 is 5.68. The molecule has 13 heavy (non-hydrogen) atoms. The maximum atomic E-state index is 5.68. The number of furan rings is 1. The van der Waals surface area contributed by atoms with E-state index in [4.69, 9.17) is 4.42 Å². The number of fused-ring (bicyclic) bond motifs is 1. The normalized spacial score (nSPS) is 20.8. The van der Waals surface area contributed by atoms with Gasteiger partial charge in [-0.25, -0.2) is 0 Å². The smallest absolute Gasteiger partial charge is 0.134 e. The lowest BCUT2D eigenvalue weighted by Crippen LogP contribution is -1.76. The maximum Gasteiger partial charge on any atom is 0.134 e. The van der Waals surface area contributed by atoms with Crippen LogP contribution < -0.4 is 5.32 Å². The first-order chi connectivity index (χ1) is 6.33. The lowest BCUT2D eigenvalue weighted by Gasteiger charge is -1.89. The molecule has 0 radical (unpaired) electrons. The van der Waals surface area contributed by atoms with E-state index in [0.29, 0.717) is 6.04 Å². The van der Waals surface area contributed by atoms with Gasteiger partial charge in [0, 0.05) is 11.9 Å². The molecule has 3 rings (SSSR count). The van der Waals surface area contributed by atoms with Crippen molar-refractivity contribution in [3.05, 3.63) is 35.6 Å². The van der Waals surface area contributed by atoms with E-state index >= 15 is 0 Å². The van der Waals surface area contributed by atoms with Gasteiger partial charge in [-0.05, 0) is 25.1 Å². The van der Waals surface area contributed by atoms with E-state index in [2.05, 4.69) is 30.4 Å². The average Bonchev–Trinajstić information content (AvgIpc) is 2.87. The van der Waals surface area contributed by atoms with E-state index in [1.807, 2.05) is 6.07 Å². The van der Waals surface area contributed by atoms with Crippen LogP contribution >= 0.6 is 0 Å². The van der Waals surface area contributed by atoms with E-state index in [1.165, 1.54) is 10.9 Å². The molecule has 0 aliphatic carbocycles. The first kappa shape index (κ1) is 7.15. The van der Waals surface area contributed by atoms with Crippen LogP contribution in [0.1, 0.15) is 17.4 Å². The number of hydrogen-bond acceptors (Lipinski definition) is 2. The average molecular weight is 173 g/mol. The zero-order valence-corrected chi connectivity index (χ0v) is 7.50. The van der Waals surface area contributed by atoms with Crippen LogP contribution in [-0.2, 0) is 0 Å². The van der Waals surface area contributed by atoms with Gasteiger partial charge < -0.3 is 9.73 Å². The molecule has 0 amide bonds. The lowest BCUT2D eigenvalue weighted by atomic mass is 10.2. The molecule has 1 aromatic carbocycles. The Hall–Kier alpha value is -1.28. The second kappa shape index (κ2) is 2.36. The third-order valence-electron chi connectivity index (χ3n) is 2.44. The van der Waals surface area contributed by atoms with Crippen molar-refractivity contribution in [3.63, 3.8) is 0 Å². The Kier molecular flexibility index (Phi) is 1.30. The summed E-state index contributed by atoms with van der Waals surface area (Å²) in [5, 5.41) is 4.44. The fourth-order valence-electron chi connectivity index (χ4n) is 1.62. The fraction of sp³-hybridized carbons (Fsp3) is 0.273. The van der Waals surface area contributed by atoms with Crippen LogP contribution in [0.3, 0.4) is 0 Å². The summed E-state index contributed by atoms with van der Waals surface area (Å²) in [7, 11) is 0. The lowest BCUT2D eigenvalue weighted by molar-refractivity contribution is 0.550. The number of benzene rings is 1. The third-order valence-corrected chi connectivity index (χ3v) is 2.44. The van der Waals surface area contributed by atoms with Crippen LogP contribution in [0.4, 0.5) is 0 Å². The second-order valence-electron chi connectivity index (χ2n) is 3.65. The molecular formula is C11H11NO. The standard InChI is InChI=1S/C11H11NO/c1-7-2-3-10-8(4-7)5-11(13-10)9-6-12-9/h2-5,9,12H,6H2,1H3. The van der Waals surface area contributed by atoms with Crippen molar-refractivity contribution in [1.29, 1.82) is 0 Å². The predicted octanol–water partition coefficient (Wildman–Crippen LogP) is 2.39. The summed E-state index contributed by atoms with van der Waals surface area (Å²) in [5.74, 6) is 1.07. The van der Waals surface area contributed by atoms with Crippen molar-refractivity contribution in [2.45, 2.75) is 13.0 Å². The van der Waals surface area contributed by atoms with Gasteiger partial charge >= 0.3 is 0 Å². The molecule has 1 N–H and O–H groups in total. The Morgan fingerprint density at radius 2 is 2.23 bits per heavy atom. The van der Waals surface area contributed by atoms with Crippen molar-refractivity contribution < 1.29 is 4.42 Å².